The van der Waals surface area contributed by atoms with Crippen LogP contribution in [-0.2, 0) is 4.79 Å². The van der Waals surface area contributed by atoms with Gasteiger partial charge in [-0.05, 0) is 37.1 Å². The van der Waals surface area contributed by atoms with Crippen molar-refractivity contribution in [1.29, 1.82) is 0 Å². The molecule has 0 saturated carbocycles. The fourth-order valence-electron chi connectivity index (χ4n) is 3.75. The SMILES string of the molecule is CC(C)C(=O)N1CCCC(c2cccc(-c3cnc4ccc(Cl)cn34)n2)C1. The summed E-state index contributed by atoms with van der Waals surface area (Å²) in [6, 6.07) is 9.82. The van der Waals surface area contributed by atoms with Gasteiger partial charge in [0.1, 0.15) is 5.65 Å². The van der Waals surface area contributed by atoms with Gasteiger partial charge >= 0.3 is 0 Å². The van der Waals surface area contributed by atoms with Gasteiger partial charge in [-0.3, -0.25) is 14.2 Å². The highest BCUT2D eigenvalue weighted by Gasteiger charge is 2.27. The second-order valence-electron chi connectivity index (χ2n) is 7.44. The minimum absolute atomic E-state index is 0.0333. The number of nitrogens with zero attached hydrogens (tertiary/aromatic N) is 4. The zero-order valence-corrected chi connectivity index (χ0v) is 16.4. The van der Waals surface area contributed by atoms with Crippen LogP contribution in [0.15, 0.2) is 42.7 Å². The number of fused-ring (bicyclic) bond motifs is 1. The summed E-state index contributed by atoms with van der Waals surface area (Å²) in [5.41, 5.74) is 3.66. The zero-order chi connectivity index (χ0) is 19.0. The largest absolute Gasteiger partial charge is 0.342 e. The Morgan fingerprint density at radius 3 is 2.93 bits per heavy atom. The monoisotopic (exact) mass is 382 g/mol. The van der Waals surface area contributed by atoms with Crippen LogP contribution in [0.25, 0.3) is 17.0 Å². The van der Waals surface area contributed by atoms with Crippen LogP contribution in [-0.4, -0.2) is 38.3 Å². The Kier molecular flexibility index (Phi) is 4.87. The van der Waals surface area contributed by atoms with E-state index in [-0.39, 0.29) is 17.7 Å². The highest BCUT2D eigenvalue weighted by Crippen LogP contribution is 2.29. The van der Waals surface area contributed by atoms with E-state index in [1.54, 1.807) is 0 Å². The van der Waals surface area contributed by atoms with E-state index in [4.69, 9.17) is 16.6 Å². The van der Waals surface area contributed by atoms with Gasteiger partial charge < -0.3 is 4.90 Å². The second-order valence-corrected chi connectivity index (χ2v) is 7.88. The topological polar surface area (TPSA) is 50.5 Å². The lowest BCUT2D eigenvalue weighted by molar-refractivity contribution is -0.135. The van der Waals surface area contributed by atoms with E-state index in [2.05, 4.69) is 11.1 Å². The molecular weight excluding hydrogens is 360 g/mol. The van der Waals surface area contributed by atoms with E-state index in [1.165, 1.54) is 0 Å². The van der Waals surface area contributed by atoms with Gasteiger partial charge in [0, 0.05) is 36.8 Å². The Hall–Kier alpha value is -2.40. The quantitative estimate of drug-likeness (QED) is 0.674. The van der Waals surface area contributed by atoms with E-state index in [0.29, 0.717) is 5.02 Å². The van der Waals surface area contributed by atoms with E-state index in [1.807, 2.05) is 59.8 Å². The molecule has 1 atom stereocenters. The Labute approximate surface area is 164 Å². The molecule has 0 aromatic carbocycles. The molecule has 5 nitrogen and oxygen atoms in total. The van der Waals surface area contributed by atoms with Crippen molar-refractivity contribution in [2.24, 2.45) is 5.92 Å². The van der Waals surface area contributed by atoms with Crippen molar-refractivity contribution < 1.29 is 4.79 Å². The summed E-state index contributed by atoms with van der Waals surface area (Å²) >= 11 is 6.15. The lowest BCUT2D eigenvalue weighted by atomic mass is 9.93. The number of rotatable bonds is 3. The van der Waals surface area contributed by atoms with Gasteiger partial charge in [0.15, 0.2) is 0 Å². The van der Waals surface area contributed by atoms with Crippen LogP contribution in [0.2, 0.25) is 5.02 Å². The Bertz CT molecular complexity index is 981. The maximum Gasteiger partial charge on any atom is 0.225 e. The number of amides is 1. The molecule has 1 fully saturated rings. The number of carbonyl (C=O) groups is 1. The van der Waals surface area contributed by atoms with Crippen molar-refractivity contribution in [2.45, 2.75) is 32.6 Å². The molecule has 0 N–H and O–H groups in total. The molecule has 1 aliphatic rings. The first kappa shape index (κ1) is 18.0. The van der Waals surface area contributed by atoms with Crippen LogP contribution < -0.4 is 0 Å². The minimum atomic E-state index is 0.0333. The number of halogens is 1. The van der Waals surface area contributed by atoms with Crippen LogP contribution in [0.3, 0.4) is 0 Å². The first-order valence-electron chi connectivity index (χ1n) is 9.41. The van der Waals surface area contributed by atoms with Gasteiger partial charge in [0.05, 0.1) is 22.6 Å². The van der Waals surface area contributed by atoms with E-state index in [0.717, 1.165) is 48.7 Å². The van der Waals surface area contributed by atoms with Gasteiger partial charge in [-0.15, -0.1) is 0 Å². The number of likely N-dealkylation sites (tertiary alicyclic amines) is 1. The van der Waals surface area contributed by atoms with E-state index >= 15 is 0 Å². The van der Waals surface area contributed by atoms with Crippen LogP contribution in [0.1, 0.15) is 38.3 Å². The molecule has 0 spiro atoms. The minimum Gasteiger partial charge on any atom is -0.342 e. The van der Waals surface area contributed by atoms with Gasteiger partial charge in [0.2, 0.25) is 5.91 Å². The number of piperidine rings is 1. The van der Waals surface area contributed by atoms with Crippen molar-refractivity contribution in [3.63, 3.8) is 0 Å². The number of pyridine rings is 2. The molecule has 4 rings (SSSR count). The Morgan fingerprint density at radius 1 is 1.26 bits per heavy atom. The highest BCUT2D eigenvalue weighted by atomic mass is 35.5. The van der Waals surface area contributed by atoms with Crippen LogP contribution in [0.5, 0.6) is 0 Å². The highest BCUT2D eigenvalue weighted by molar-refractivity contribution is 6.30. The van der Waals surface area contributed by atoms with Crippen LogP contribution >= 0.6 is 11.6 Å². The van der Waals surface area contributed by atoms with Gasteiger partial charge in [-0.25, -0.2) is 4.98 Å². The summed E-state index contributed by atoms with van der Waals surface area (Å²) in [6.07, 6.45) is 5.75. The van der Waals surface area contributed by atoms with Gasteiger partial charge in [-0.1, -0.05) is 31.5 Å². The Balaban J connectivity index is 1.64. The first-order valence-corrected chi connectivity index (χ1v) is 9.79. The second kappa shape index (κ2) is 7.31. The van der Waals surface area contributed by atoms with E-state index in [9.17, 15) is 4.79 Å². The van der Waals surface area contributed by atoms with Crippen LogP contribution in [0, 0.1) is 5.92 Å². The van der Waals surface area contributed by atoms with Crippen molar-refractivity contribution in [1.82, 2.24) is 19.3 Å². The molecule has 1 aliphatic heterocycles. The predicted octanol–water partition coefficient (Wildman–Crippen LogP) is 4.41. The molecule has 3 aromatic rings. The standard InChI is InChI=1S/C21H23ClN4O/c1-14(2)21(27)25-10-4-5-15(12-25)17-6-3-7-18(24-17)19-11-23-20-9-8-16(22)13-26(19)20/h3,6-9,11,13-15H,4-5,10,12H2,1-2H3. The summed E-state index contributed by atoms with van der Waals surface area (Å²) in [5, 5.41) is 0.660. The lowest BCUT2D eigenvalue weighted by Gasteiger charge is -2.33. The lowest BCUT2D eigenvalue weighted by Crippen LogP contribution is -2.41. The molecule has 0 bridgehead atoms. The van der Waals surface area contributed by atoms with Crippen molar-refractivity contribution in [2.75, 3.05) is 13.1 Å². The number of hydrogen-bond donors (Lipinski definition) is 0. The molecule has 4 heterocycles. The number of imidazole rings is 1. The zero-order valence-electron chi connectivity index (χ0n) is 15.6. The predicted molar refractivity (Wildman–Crippen MR) is 107 cm³/mol. The van der Waals surface area contributed by atoms with Crippen molar-refractivity contribution in [3.8, 4) is 11.4 Å². The molecule has 140 valence electrons. The summed E-state index contributed by atoms with van der Waals surface area (Å²) in [4.78, 5) is 23.7. The van der Waals surface area contributed by atoms with Gasteiger partial charge in [0.25, 0.3) is 0 Å². The molecule has 0 aliphatic carbocycles. The Morgan fingerprint density at radius 2 is 2.11 bits per heavy atom. The molecule has 1 saturated heterocycles. The average molecular weight is 383 g/mol. The fraction of sp³-hybridized carbons (Fsp3) is 0.381. The van der Waals surface area contributed by atoms with Crippen molar-refractivity contribution in [3.05, 3.63) is 53.4 Å². The number of hydrogen-bond acceptors (Lipinski definition) is 3. The first-order chi connectivity index (χ1) is 13.0. The number of carbonyl (C=O) groups excluding carboxylic acids is 1. The fourth-order valence-corrected chi connectivity index (χ4v) is 3.91. The third-order valence-electron chi connectivity index (χ3n) is 5.15. The maximum absolute atomic E-state index is 12.4. The number of aromatic nitrogens is 3. The smallest absolute Gasteiger partial charge is 0.225 e. The van der Waals surface area contributed by atoms with Gasteiger partial charge in [-0.2, -0.15) is 0 Å². The molecule has 6 heteroatoms. The van der Waals surface area contributed by atoms with Crippen LogP contribution in [0.4, 0.5) is 0 Å². The summed E-state index contributed by atoms with van der Waals surface area (Å²) in [7, 11) is 0. The van der Waals surface area contributed by atoms with E-state index < -0.39 is 0 Å². The third-order valence-corrected chi connectivity index (χ3v) is 5.37. The molecule has 27 heavy (non-hydrogen) atoms. The molecule has 3 aromatic heterocycles. The molecule has 0 radical (unpaired) electrons. The molecule has 1 unspecified atom stereocenters. The molecular formula is C21H23ClN4O. The summed E-state index contributed by atoms with van der Waals surface area (Å²) in [5.74, 6) is 0.530. The average Bonchev–Trinajstić information content (AvgIpc) is 3.10. The normalized spacial score (nSPS) is 17.6. The summed E-state index contributed by atoms with van der Waals surface area (Å²) in [6.45, 7) is 5.51. The molecule has 1 amide bonds. The summed E-state index contributed by atoms with van der Waals surface area (Å²) < 4.78 is 1.96. The maximum atomic E-state index is 12.4. The van der Waals surface area contributed by atoms with Crippen molar-refractivity contribution >= 4 is 23.2 Å². The third kappa shape index (κ3) is 3.56.